The van der Waals surface area contributed by atoms with E-state index in [9.17, 15) is 13.6 Å². The molecule has 0 fully saturated rings. The number of pyridine rings is 1. The minimum absolute atomic E-state index is 0.0449. The average molecular weight is 444 g/mol. The first kappa shape index (κ1) is 20.8. The Bertz CT molecular complexity index is 1270. The van der Waals surface area contributed by atoms with Gasteiger partial charge in [0.2, 0.25) is 5.88 Å². The van der Waals surface area contributed by atoms with Crippen molar-refractivity contribution in [3.8, 4) is 17.1 Å². The van der Waals surface area contributed by atoms with Crippen LogP contribution >= 0.6 is 11.6 Å². The molecule has 0 spiro atoms. The fourth-order valence-corrected chi connectivity index (χ4v) is 3.36. The standard InChI is InChI=1S/C23H16ClF2NO4/c1-29-22(28)10-14-9-19(26)16(11-18(14)25)20-3-2-4-21(27-20)31-12-13-5-6-17(24)15-7-8-30-23(13)15/h2-9,11H,10,12H2,1H3. The van der Waals surface area contributed by atoms with Gasteiger partial charge in [0.1, 0.15) is 23.8 Å². The number of benzene rings is 2. The highest BCUT2D eigenvalue weighted by Crippen LogP contribution is 2.29. The molecule has 158 valence electrons. The lowest BCUT2D eigenvalue weighted by molar-refractivity contribution is -0.139. The number of hydrogen-bond acceptors (Lipinski definition) is 5. The van der Waals surface area contributed by atoms with Crippen molar-refractivity contribution in [3.05, 3.63) is 82.6 Å². The molecule has 0 aliphatic carbocycles. The van der Waals surface area contributed by atoms with Crippen LogP contribution in [0.1, 0.15) is 11.1 Å². The SMILES string of the molecule is COC(=O)Cc1cc(F)c(-c2cccc(OCc3ccc(Cl)c4ccoc34)n2)cc1F. The van der Waals surface area contributed by atoms with Gasteiger partial charge in [-0.05, 0) is 30.3 Å². The maximum Gasteiger partial charge on any atom is 0.310 e. The molecule has 2 aromatic heterocycles. The molecule has 0 atom stereocenters. The van der Waals surface area contributed by atoms with E-state index in [1.54, 1.807) is 36.6 Å². The summed E-state index contributed by atoms with van der Waals surface area (Å²) in [7, 11) is 1.18. The molecule has 0 bridgehead atoms. The Balaban J connectivity index is 1.57. The number of halogens is 3. The minimum Gasteiger partial charge on any atom is -0.473 e. The molecule has 31 heavy (non-hydrogen) atoms. The molecule has 0 radical (unpaired) electrons. The number of carbonyl (C=O) groups is 1. The molecule has 0 saturated carbocycles. The van der Waals surface area contributed by atoms with Gasteiger partial charge < -0.3 is 13.9 Å². The van der Waals surface area contributed by atoms with Crippen LogP contribution in [0.4, 0.5) is 8.78 Å². The fourth-order valence-electron chi connectivity index (χ4n) is 3.14. The lowest BCUT2D eigenvalue weighted by Gasteiger charge is -2.10. The van der Waals surface area contributed by atoms with Gasteiger partial charge in [0.25, 0.3) is 0 Å². The zero-order chi connectivity index (χ0) is 22.0. The van der Waals surface area contributed by atoms with Crippen molar-refractivity contribution in [1.82, 2.24) is 4.98 Å². The van der Waals surface area contributed by atoms with Gasteiger partial charge in [-0.2, -0.15) is 0 Å². The van der Waals surface area contributed by atoms with Crippen LogP contribution in [0.5, 0.6) is 5.88 Å². The lowest BCUT2D eigenvalue weighted by Crippen LogP contribution is -2.07. The Morgan fingerprint density at radius 1 is 1.10 bits per heavy atom. The first-order valence-electron chi connectivity index (χ1n) is 9.26. The predicted molar refractivity (Wildman–Crippen MR) is 111 cm³/mol. The lowest BCUT2D eigenvalue weighted by atomic mass is 10.0. The van der Waals surface area contributed by atoms with Crippen LogP contribution < -0.4 is 4.74 Å². The van der Waals surface area contributed by atoms with E-state index in [1.165, 1.54) is 13.2 Å². The molecular weight excluding hydrogens is 428 g/mol. The van der Waals surface area contributed by atoms with E-state index in [1.807, 2.05) is 0 Å². The van der Waals surface area contributed by atoms with Crippen molar-refractivity contribution in [3.63, 3.8) is 0 Å². The van der Waals surface area contributed by atoms with Crippen LogP contribution in [0.2, 0.25) is 5.02 Å². The second-order valence-electron chi connectivity index (χ2n) is 6.70. The maximum absolute atomic E-state index is 14.6. The quantitative estimate of drug-likeness (QED) is 0.357. The third kappa shape index (κ3) is 4.36. The van der Waals surface area contributed by atoms with Gasteiger partial charge in [0.05, 0.1) is 30.5 Å². The van der Waals surface area contributed by atoms with E-state index in [4.69, 9.17) is 20.8 Å². The maximum atomic E-state index is 14.6. The minimum atomic E-state index is -0.726. The van der Waals surface area contributed by atoms with Gasteiger partial charge in [-0.1, -0.05) is 23.7 Å². The van der Waals surface area contributed by atoms with Crippen LogP contribution in [0.3, 0.4) is 0 Å². The van der Waals surface area contributed by atoms with Crippen LogP contribution in [-0.4, -0.2) is 18.1 Å². The number of nitrogens with zero attached hydrogens (tertiary/aromatic N) is 1. The highest BCUT2D eigenvalue weighted by Gasteiger charge is 2.16. The van der Waals surface area contributed by atoms with Gasteiger partial charge in [0.15, 0.2) is 0 Å². The molecule has 0 N–H and O–H groups in total. The third-order valence-corrected chi connectivity index (χ3v) is 5.05. The molecule has 0 aliphatic heterocycles. The molecule has 2 heterocycles. The van der Waals surface area contributed by atoms with Crippen LogP contribution in [0.25, 0.3) is 22.2 Å². The van der Waals surface area contributed by atoms with Crippen molar-refractivity contribution in [2.75, 3.05) is 7.11 Å². The van der Waals surface area contributed by atoms with E-state index >= 15 is 0 Å². The van der Waals surface area contributed by atoms with Crippen molar-refractivity contribution in [1.29, 1.82) is 0 Å². The number of rotatable bonds is 6. The van der Waals surface area contributed by atoms with Crippen LogP contribution in [0, 0.1) is 11.6 Å². The van der Waals surface area contributed by atoms with E-state index in [0.29, 0.717) is 10.6 Å². The number of aromatic nitrogens is 1. The molecule has 8 heteroatoms. The number of esters is 1. The molecule has 0 saturated heterocycles. The summed E-state index contributed by atoms with van der Waals surface area (Å²) >= 11 is 6.15. The van der Waals surface area contributed by atoms with Gasteiger partial charge in [-0.3, -0.25) is 4.79 Å². The molecule has 2 aromatic carbocycles. The topological polar surface area (TPSA) is 61.6 Å². The number of methoxy groups -OCH3 is 1. The summed E-state index contributed by atoms with van der Waals surface area (Å²) < 4.78 is 44.7. The number of fused-ring (bicyclic) bond motifs is 1. The van der Waals surface area contributed by atoms with Crippen molar-refractivity contribution in [2.24, 2.45) is 0 Å². The van der Waals surface area contributed by atoms with Crippen molar-refractivity contribution in [2.45, 2.75) is 13.0 Å². The van der Waals surface area contributed by atoms with Crippen molar-refractivity contribution < 1.29 is 27.5 Å². The second kappa shape index (κ2) is 8.73. The second-order valence-corrected chi connectivity index (χ2v) is 7.10. The number of hydrogen-bond donors (Lipinski definition) is 0. The Morgan fingerprint density at radius 3 is 2.74 bits per heavy atom. The average Bonchev–Trinajstić information content (AvgIpc) is 3.27. The van der Waals surface area contributed by atoms with Gasteiger partial charge in [-0.25, -0.2) is 13.8 Å². The molecule has 0 aliphatic rings. The summed E-state index contributed by atoms with van der Waals surface area (Å²) in [4.78, 5) is 15.6. The largest absolute Gasteiger partial charge is 0.473 e. The molecule has 0 amide bonds. The molecule has 4 aromatic rings. The zero-order valence-corrected chi connectivity index (χ0v) is 17.1. The summed E-state index contributed by atoms with van der Waals surface area (Å²) in [5, 5.41) is 1.34. The van der Waals surface area contributed by atoms with E-state index < -0.39 is 17.6 Å². The van der Waals surface area contributed by atoms with Gasteiger partial charge in [0, 0.05) is 28.1 Å². The Labute approximate surface area is 181 Å². The smallest absolute Gasteiger partial charge is 0.310 e. The van der Waals surface area contributed by atoms with Gasteiger partial charge >= 0.3 is 5.97 Å². The normalized spacial score (nSPS) is 11.0. The summed E-state index contributed by atoms with van der Waals surface area (Å²) in [6.45, 7) is 0.145. The zero-order valence-electron chi connectivity index (χ0n) is 16.3. The Kier molecular flexibility index (Phi) is 5.86. The Hall–Kier alpha value is -3.45. The highest BCUT2D eigenvalue weighted by molar-refractivity contribution is 6.35. The summed E-state index contributed by atoms with van der Waals surface area (Å²) in [6.07, 6.45) is 1.18. The predicted octanol–water partition coefficient (Wildman–Crippen LogP) is 5.72. The van der Waals surface area contributed by atoms with Gasteiger partial charge in [-0.15, -0.1) is 0 Å². The molecule has 5 nitrogen and oxygen atoms in total. The Morgan fingerprint density at radius 2 is 1.94 bits per heavy atom. The van der Waals surface area contributed by atoms with Crippen LogP contribution in [-0.2, 0) is 22.6 Å². The summed E-state index contributed by atoms with van der Waals surface area (Å²) in [5.41, 5.74) is 1.43. The van der Waals surface area contributed by atoms with E-state index in [2.05, 4.69) is 9.72 Å². The summed E-state index contributed by atoms with van der Waals surface area (Å²) in [6, 6.07) is 12.0. The summed E-state index contributed by atoms with van der Waals surface area (Å²) in [5.74, 6) is -1.87. The monoisotopic (exact) mass is 443 g/mol. The fraction of sp³-hybridized carbons (Fsp3) is 0.130. The third-order valence-electron chi connectivity index (χ3n) is 4.72. The number of ether oxygens (including phenoxy) is 2. The van der Waals surface area contributed by atoms with E-state index in [-0.39, 0.29) is 35.7 Å². The number of carbonyl (C=O) groups excluding carboxylic acids is 1. The first-order valence-corrected chi connectivity index (χ1v) is 9.63. The first-order chi connectivity index (χ1) is 15.0. The molecule has 4 rings (SSSR count). The highest BCUT2D eigenvalue weighted by atomic mass is 35.5. The van der Waals surface area contributed by atoms with Crippen molar-refractivity contribution >= 4 is 28.5 Å². The molecule has 0 unspecified atom stereocenters. The molecular formula is C23H16ClF2NO4. The van der Waals surface area contributed by atoms with Crippen LogP contribution in [0.15, 0.2) is 59.2 Å². The van der Waals surface area contributed by atoms with E-state index in [0.717, 1.165) is 23.1 Å². The number of furan rings is 1.